The Morgan fingerprint density at radius 1 is 0.913 bits per heavy atom. The zero-order valence-electron chi connectivity index (χ0n) is 29.9. The number of nitrogens with two attached hydrogens (primary N) is 1. The maximum atomic E-state index is 12.5. The van der Waals surface area contributed by atoms with Crippen LogP contribution in [0.25, 0.3) is 0 Å². The van der Waals surface area contributed by atoms with E-state index in [0.29, 0.717) is 19.3 Å². The second-order valence-corrected chi connectivity index (χ2v) is 18.1. The number of ether oxygens (including phenoxy) is 2. The molecule has 5 rings (SSSR count). The Kier molecular flexibility index (Phi) is 9.57. The van der Waals surface area contributed by atoms with E-state index in [1.807, 2.05) is 0 Å². The van der Waals surface area contributed by atoms with Crippen LogP contribution in [-0.2, 0) is 9.47 Å². The number of allylic oxidation sites excluding steroid dienone is 2. The van der Waals surface area contributed by atoms with Gasteiger partial charge in [-0.2, -0.15) is 0 Å². The van der Waals surface area contributed by atoms with Crippen LogP contribution in [0.3, 0.4) is 0 Å². The smallest absolute Gasteiger partial charge is 0.187 e. The Morgan fingerprint density at radius 2 is 1.57 bits per heavy atom. The molecule has 1 heterocycles. The van der Waals surface area contributed by atoms with Gasteiger partial charge in [0.2, 0.25) is 0 Å². The van der Waals surface area contributed by atoms with E-state index in [2.05, 4.69) is 68.4 Å². The molecule has 0 bridgehead atoms. The molecule has 1 aliphatic heterocycles. The lowest BCUT2D eigenvalue weighted by atomic mass is 9.32. The van der Waals surface area contributed by atoms with Gasteiger partial charge in [-0.05, 0) is 112 Å². The quantitative estimate of drug-likeness (QED) is 0.204. The number of hydrogen-bond donors (Lipinski definition) is 7. The number of rotatable bonds is 7. The van der Waals surface area contributed by atoms with Gasteiger partial charge in [-0.3, -0.25) is 0 Å². The second kappa shape index (κ2) is 12.0. The molecule has 1 saturated heterocycles. The van der Waals surface area contributed by atoms with Crippen LogP contribution < -0.4 is 5.73 Å². The molecular weight excluding hydrogens is 586 g/mol. The summed E-state index contributed by atoms with van der Waals surface area (Å²) in [6.07, 6.45) is -0.151. The van der Waals surface area contributed by atoms with Crippen LogP contribution in [0.1, 0.15) is 114 Å². The Bertz CT molecular complexity index is 1160. The lowest BCUT2D eigenvalue weighted by molar-refractivity contribution is -0.338. The van der Waals surface area contributed by atoms with E-state index in [1.54, 1.807) is 0 Å². The standard InChI is InChI=1S/C37H65NO8/c1-20(2)11-10-14-35(7,46-31-29(43)28(42)27(41)22(19-38)45-31)24-13-16-36(8)34(6)15-12-23-32(3,4)30(44)21(39)18-33(23,5)25(34)17-26(40)37(24,36)9/h11,21-31,39-44H,10,12-19,38H2,1-9H3/t21-,22-,23?,24-,25?,26-,27-,28+,29-,30+,31+,33+,34-,35+,36+,37+/m1/s1. The summed E-state index contributed by atoms with van der Waals surface area (Å²) in [7, 11) is 0. The molecule has 266 valence electrons. The monoisotopic (exact) mass is 651 g/mol. The Balaban J connectivity index is 1.54. The molecule has 16 atom stereocenters. The number of hydrogen-bond acceptors (Lipinski definition) is 9. The highest BCUT2D eigenvalue weighted by atomic mass is 16.7. The van der Waals surface area contributed by atoms with Crippen LogP contribution in [-0.4, -0.2) is 91.8 Å². The first-order chi connectivity index (χ1) is 21.2. The minimum absolute atomic E-state index is 0.0285. The normalized spacial score (nSPS) is 53.0. The van der Waals surface area contributed by atoms with Crippen molar-refractivity contribution in [3.8, 4) is 0 Å². The van der Waals surface area contributed by atoms with Crippen LogP contribution in [0, 0.1) is 44.8 Å². The van der Waals surface area contributed by atoms with Crippen molar-refractivity contribution in [3.05, 3.63) is 11.6 Å². The molecule has 9 heteroatoms. The SMILES string of the molecule is CC(C)=CCC[C@](C)(O[C@@H]1O[C@H](CN)[C@@H](O)[C@H](O)[C@H]1O)[C@H]1CC[C@]2(C)[C@]1(C)[C@H](O)CC1[C@@]3(C)C[C@@H](O)[C@H](O)C(C)(C)C3CC[C@]12C. The van der Waals surface area contributed by atoms with Gasteiger partial charge < -0.3 is 45.8 Å². The number of aliphatic hydroxyl groups excluding tert-OH is 6. The van der Waals surface area contributed by atoms with Crippen LogP contribution in [0.5, 0.6) is 0 Å². The van der Waals surface area contributed by atoms with Gasteiger partial charge >= 0.3 is 0 Å². The van der Waals surface area contributed by atoms with Crippen LogP contribution in [0.2, 0.25) is 0 Å². The van der Waals surface area contributed by atoms with E-state index in [9.17, 15) is 30.6 Å². The summed E-state index contributed by atoms with van der Waals surface area (Å²) in [4.78, 5) is 0. The van der Waals surface area contributed by atoms with Gasteiger partial charge in [-0.25, -0.2) is 0 Å². The molecule has 9 nitrogen and oxygen atoms in total. The Hall–Kier alpha value is -0.620. The van der Waals surface area contributed by atoms with Crippen molar-refractivity contribution >= 4 is 0 Å². The predicted molar refractivity (Wildman–Crippen MR) is 176 cm³/mol. The fraction of sp³-hybridized carbons (Fsp3) is 0.946. The van der Waals surface area contributed by atoms with Gasteiger partial charge in [0.1, 0.15) is 24.4 Å². The summed E-state index contributed by atoms with van der Waals surface area (Å²) in [5, 5.41) is 67.0. The van der Waals surface area contributed by atoms with Crippen molar-refractivity contribution in [1.29, 1.82) is 0 Å². The molecule has 4 saturated carbocycles. The average molecular weight is 652 g/mol. The maximum Gasteiger partial charge on any atom is 0.187 e. The third kappa shape index (κ3) is 5.04. The molecule has 0 radical (unpaired) electrons. The largest absolute Gasteiger partial charge is 0.393 e. The summed E-state index contributed by atoms with van der Waals surface area (Å²) < 4.78 is 12.9. The maximum absolute atomic E-state index is 12.5. The molecule has 2 unspecified atom stereocenters. The van der Waals surface area contributed by atoms with Crippen molar-refractivity contribution in [2.24, 2.45) is 50.6 Å². The van der Waals surface area contributed by atoms with E-state index >= 15 is 0 Å². The van der Waals surface area contributed by atoms with Gasteiger partial charge in [-0.1, -0.05) is 53.2 Å². The van der Waals surface area contributed by atoms with Crippen molar-refractivity contribution in [1.82, 2.24) is 0 Å². The first kappa shape index (κ1) is 36.7. The van der Waals surface area contributed by atoms with Gasteiger partial charge in [0.15, 0.2) is 6.29 Å². The van der Waals surface area contributed by atoms with Crippen molar-refractivity contribution in [3.63, 3.8) is 0 Å². The first-order valence-electron chi connectivity index (χ1n) is 17.9. The van der Waals surface area contributed by atoms with Gasteiger partial charge in [0.25, 0.3) is 0 Å². The summed E-state index contributed by atoms with van der Waals surface area (Å²) >= 11 is 0. The fourth-order valence-electron chi connectivity index (χ4n) is 12.6. The fourth-order valence-corrected chi connectivity index (χ4v) is 12.6. The predicted octanol–water partition coefficient (Wildman–Crippen LogP) is 3.65. The van der Waals surface area contributed by atoms with E-state index in [4.69, 9.17) is 15.2 Å². The van der Waals surface area contributed by atoms with E-state index in [0.717, 1.165) is 32.1 Å². The lowest BCUT2D eigenvalue weighted by Crippen LogP contribution is -2.71. The molecular formula is C37H65NO8. The molecule has 4 aliphatic carbocycles. The average Bonchev–Trinajstić information content (AvgIpc) is 3.27. The topological polar surface area (TPSA) is 166 Å². The molecule has 0 aromatic heterocycles. The highest BCUT2D eigenvalue weighted by molar-refractivity contribution is 5.24. The molecule has 0 aromatic rings. The van der Waals surface area contributed by atoms with E-state index in [1.165, 1.54) is 5.57 Å². The van der Waals surface area contributed by atoms with Crippen molar-refractivity contribution in [2.45, 2.75) is 168 Å². The van der Waals surface area contributed by atoms with E-state index in [-0.39, 0.29) is 40.5 Å². The third-order valence-electron chi connectivity index (χ3n) is 15.5. The minimum Gasteiger partial charge on any atom is -0.393 e. The summed E-state index contributed by atoms with van der Waals surface area (Å²) in [5.41, 5.74) is 4.60. The minimum atomic E-state index is -1.46. The Morgan fingerprint density at radius 3 is 2.17 bits per heavy atom. The number of aliphatic hydroxyl groups is 6. The highest BCUT2D eigenvalue weighted by Crippen LogP contribution is 2.79. The van der Waals surface area contributed by atoms with Gasteiger partial charge in [0.05, 0.1) is 23.9 Å². The summed E-state index contributed by atoms with van der Waals surface area (Å²) in [6, 6.07) is 0. The van der Waals surface area contributed by atoms with Crippen molar-refractivity contribution in [2.75, 3.05) is 6.54 Å². The Labute approximate surface area is 276 Å². The van der Waals surface area contributed by atoms with Gasteiger partial charge in [0, 0.05) is 12.0 Å². The molecule has 5 aliphatic rings. The highest BCUT2D eigenvalue weighted by Gasteiger charge is 2.76. The van der Waals surface area contributed by atoms with Crippen LogP contribution in [0.15, 0.2) is 11.6 Å². The van der Waals surface area contributed by atoms with Gasteiger partial charge in [-0.15, -0.1) is 0 Å². The summed E-state index contributed by atoms with van der Waals surface area (Å²) in [5.74, 6) is 0.296. The van der Waals surface area contributed by atoms with Crippen molar-refractivity contribution < 1.29 is 40.1 Å². The van der Waals surface area contributed by atoms with E-state index < -0.39 is 65.4 Å². The second-order valence-electron chi connectivity index (χ2n) is 18.1. The molecule has 0 spiro atoms. The molecule has 0 aromatic carbocycles. The van der Waals surface area contributed by atoms with Crippen LogP contribution in [0.4, 0.5) is 0 Å². The number of fused-ring (bicyclic) bond motifs is 5. The third-order valence-corrected chi connectivity index (χ3v) is 15.5. The molecule has 5 fully saturated rings. The zero-order chi connectivity index (χ0) is 34.4. The molecule has 46 heavy (non-hydrogen) atoms. The molecule has 8 N–H and O–H groups in total. The van der Waals surface area contributed by atoms with Crippen LogP contribution >= 0.6 is 0 Å². The lowest BCUT2D eigenvalue weighted by Gasteiger charge is -2.73. The summed E-state index contributed by atoms with van der Waals surface area (Å²) in [6.45, 7) is 19.7. The molecule has 0 amide bonds. The zero-order valence-corrected chi connectivity index (χ0v) is 29.9. The first-order valence-corrected chi connectivity index (χ1v) is 17.9.